The van der Waals surface area contributed by atoms with Crippen LogP contribution in [0.5, 0.6) is 0 Å². The molecule has 0 radical (unpaired) electrons. The quantitative estimate of drug-likeness (QED) is 0.596. The van der Waals surface area contributed by atoms with Gasteiger partial charge in [-0.1, -0.05) is 13.3 Å². The summed E-state index contributed by atoms with van der Waals surface area (Å²) in [7, 11) is 0. The Labute approximate surface area is 67.8 Å². The van der Waals surface area contributed by atoms with Gasteiger partial charge in [0, 0.05) is 13.3 Å². The van der Waals surface area contributed by atoms with Crippen LogP contribution in [0.4, 0.5) is 22.0 Å². The Morgan fingerprint density at radius 2 is 1.58 bits per heavy atom. The minimum Gasteiger partial charge on any atom is -0.234 e. The highest BCUT2D eigenvalue weighted by atomic mass is 19.3. The van der Waals surface area contributed by atoms with E-state index in [0.717, 1.165) is 0 Å². The highest BCUT2D eigenvalue weighted by Crippen LogP contribution is 2.36. The Bertz CT molecular complexity index is 137. The molecule has 0 bridgehead atoms. The van der Waals surface area contributed by atoms with Gasteiger partial charge in [-0.25, -0.2) is 22.0 Å². The highest BCUT2D eigenvalue weighted by molar-refractivity contribution is 4.85. The van der Waals surface area contributed by atoms with E-state index in [2.05, 4.69) is 0 Å². The zero-order valence-corrected chi connectivity index (χ0v) is 6.88. The number of halogens is 5. The predicted molar refractivity (Wildman–Crippen MR) is 35.4 cm³/mol. The van der Waals surface area contributed by atoms with Crippen LogP contribution in [0.3, 0.4) is 0 Å². The number of hydrogen-bond acceptors (Lipinski definition) is 0. The van der Waals surface area contributed by atoms with E-state index in [1.165, 1.54) is 6.92 Å². The molecular formula is C7H11F5. The van der Waals surface area contributed by atoms with Crippen LogP contribution < -0.4 is 0 Å². The fraction of sp³-hybridized carbons (Fsp3) is 1.00. The van der Waals surface area contributed by atoms with Crippen molar-refractivity contribution in [2.45, 2.75) is 44.7 Å². The van der Waals surface area contributed by atoms with E-state index < -0.39 is 24.4 Å². The maximum Gasteiger partial charge on any atom is 0.284 e. The Morgan fingerprint density at radius 1 is 1.17 bits per heavy atom. The van der Waals surface area contributed by atoms with Gasteiger partial charge < -0.3 is 0 Å². The van der Waals surface area contributed by atoms with Gasteiger partial charge in [0.05, 0.1) is 0 Å². The van der Waals surface area contributed by atoms with Gasteiger partial charge in [0.1, 0.15) is 0 Å². The first-order chi connectivity index (χ1) is 5.22. The predicted octanol–water partition coefficient (Wildman–Crippen LogP) is 3.42. The normalized spacial score (nSPS) is 16.2. The average Bonchev–Trinajstić information content (AvgIpc) is 1.84. The van der Waals surface area contributed by atoms with E-state index in [0.29, 0.717) is 0 Å². The largest absolute Gasteiger partial charge is 0.284 e. The van der Waals surface area contributed by atoms with Crippen molar-refractivity contribution in [1.29, 1.82) is 0 Å². The molecule has 0 rings (SSSR count). The molecule has 0 aliphatic rings. The van der Waals surface area contributed by atoms with Gasteiger partial charge in [-0.05, 0) is 0 Å². The summed E-state index contributed by atoms with van der Waals surface area (Å²) in [5.41, 5.74) is 0. The van der Waals surface area contributed by atoms with Gasteiger partial charge in [0.2, 0.25) is 6.17 Å². The van der Waals surface area contributed by atoms with Crippen molar-refractivity contribution < 1.29 is 22.0 Å². The number of hydrogen-bond donors (Lipinski definition) is 0. The van der Waals surface area contributed by atoms with Crippen LogP contribution in [0.1, 0.15) is 26.7 Å². The van der Waals surface area contributed by atoms with E-state index in [-0.39, 0.29) is 13.3 Å². The average molecular weight is 190 g/mol. The van der Waals surface area contributed by atoms with Crippen molar-refractivity contribution in [1.82, 2.24) is 0 Å². The fourth-order valence-electron chi connectivity index (χ4n) is 0.831. The minimum atomic E-state index is -3.97. The molecule has 0 saturated carbocycles. The van der Waals surface area contributed by atoms with Gasteiger partial charge in [-0.2, -0.15) is 0 Å². The summed E-state index contributed by atoms with van der Waals surface area (Å²) in [5.74, 6) is -7.90. The van der Waals surface area contributed by atoms with Crippen molar-refractivity contribution in [3.05, 3.63) is 0 Å². The van der Waals surface area contributed by atoms with Gasteiger partial charge in [-0.3, -0.25) is 0 Å². The second kappa shape index (κ2) is 3.58. The molecule has 1 atom stereocenters. The van der Waals surface area contributed by atoms with Crippen LogP contribution in [0.15, 0.2) is 0 Å². The summed E-state index contributed by atoms with van der Waals surface area (Å²) in [5, 5.41) is 0. The summed E-state index contributed by atoms with van der Waals surface area (Å²) in [6.07, 6.45) is -4.26. The first-order valence-electron chi connectivity index (χ1n) is 3.61. The SMILES string of the molecule is CCCC(F)(F)[C@@H](F)C(C)(F)F. The van der Waals surface area contributed by atoms with Crippen molar-refractivity contribution in [3.63, 3.8) is 0 Å². The Balaban J connectivity index is 4.34. The van der Waals surface area contributed by atoms with Crippen LogP contribution in [-0.2, 0) is 0 Å². The third-order valence-corrected chi connectivity index (χ3v) is 1.40. The van der Waals surface area contributed by atoms with Gasteiger partial charge in [-0.15, -0.1) is 0 Å². The lowest BCUT2D eigenvalue weighted by Crippen LogP contribution is -2.42. The molecule has 12 heavy (non-hydrogen) atoms. The standard InChI is InChI=1S/C7H11F5/c1-3-4-7(11,12)5(8)6(2,9)10/h5H,3-4H2,1-2H3/t5-/m0/s1. The van der Waals surface area contributed by atoms with Crippen LogP contribution in [0.2, 0.25) is 0 Å². The van der Waals surface area contributed by atoms with Gasteiger partial charge >= 0.3 is 0 Å². The lowest BCUT2D eigenvalue weighted by molar-refractivity contribution is -0.175. The molecule has 0 nitrogen and oxygen atoms in total. The molecule has 0 amide bonds. The van der Waals surface area contributed by atoms with E-state index in [1.807, 2.05) is 0 Å². The third-order valence-electron chi connectivity index (χ3n) is 1.40. The summed E-state index contributed by atoms with van der Waals surface area (Å²) >= 11 is 0. The fourth-order valence-corrected chi connectivity index (χ4v) is 0.831. The molecule has 5 heteroatoms. The molecule has 0 aliphatic carbocycles. The summed E-state index contributed by atoms with van der Waals surface area (Å²) < 4.78 is 61.5. The lowest BCUT2D eigenvalue weighted by Gasteiger charge is -2.24. The smallest absolute Gasteiger partial charge is 0.234 e. The molecule has 0 aliphatic heterocycles. The van der Waals surface area contributed by atoms with Crippen LogP contribution in [-0.4, -0.2) is 18.0 Å². The van der Waals surface area contributed by atoms with Crippen molar-refractivity contribution in [2.24, 2.45) is 0 Å². The van der Waals surface area contributed by atoms with E-state index >= 15 is 0 Å². The summed E-state index contributed by atoms with van der Waals surface area (Å²) in [6, 6.07) is 0. The zero-order chi connectivity index (χ0) is 9.99. The topological polar surface area (TPSA) is 0 Å². The van der Waals surface area contributed by atoms with Crippen molar-refractivity contribution in [3.8, 4) is 0 Å². The molecule has 0 fully saturated rings. The Kier molecular flexibility index (Phi) is 3.47. The molecule has 0 saturated heterocycles. The molecule has 0 aromatic carbocycles. The van der Waals surface area contributed by atoms with Gasteiger partial charge in [0.25, 0.3) is 11.8 Å². The first kappa shape index (κ1) is 11.6. The Morgan fingerprint density at radius 3 is 1.83 bits per heavy atom. The highest BCUT2D eigenvalue weighted by Gasteiger charge is 2.51. The minimum absolute atomic E-state index is 0.0243. The second-order valence-electron chi connectivity index (χ2n) is 2.83. The molecule has 74 valence electrons. The molecule has 0 aromatic heterocycles. The van der Waals surface area contributed by atoms with E-state index in [1.54, 1.807) is 0 Å². The maximum absolute atomic E-state index is 12.5. The summed E-state index contributed by atoms with van der Waals surface area (Å²) in [4.78, 5) is 0. The number of alkyl halides is 5. The summed E-state index contributed by atoms with van der Waals surface area (Å²) in [6.45, 7) is 1.54. The molecule has 0 N–H and O–H groups in total. The third kappa shape index (κ3) is 2.95. The molecule has 0 aromatic rings. The Hall–Kier alpha value is -0.350. The second-order valence-corrected chi connectivity index (χ2v) is 2.83. The van der Waals surface area contributed by atoms with Gasteiger partial charge in [0.15, 0.2) is 0 Å². The monoisotopic (exact) mass is 190 g/mol. The van der Waals surface area contributed by atoms with Crippen molar-refractivity contribution in [2.75, 3.05) is 0 Å². The molecule has 0 unspecified atom stereocenters. The lowest BCUT2D eigenvalue weighted by atomic mass is 10.0. The van der Waals surface area contributed by atoms with Crippen LogP contribution >= 0.6 is 0 Å². The number of rotatable bonds is 4. The molecule has 0 spiro atoms. The van der Waals surface area contributed by atoms with E-state index in [4.69, 9.17) is 0 Å². The van der Waals surface area contributed by atoms with Crippen LogP contribution in [0.25, 0.3) is 0 Å². The van der Waals surface area contributed by atoms with E-state index in [9.17, 15) is 22.0 Å². The van der Waals surface area contributed by atoms with Crippen LogP contribution in [0, 0.1) is 0 Å². The zero-order valence-electron chi connectivity index (χ0n) is 6.88. The molecular weight excluding hydrogens is 179 g/mol. The molecule has 0 heterocycles. The first-order valence-corrected chi connectivity index (χ1v) is 3.61. The maximum atomic E-state index is 12.5. The van der Waals surface area contributed by atoms with Crippen molar-refractivity contribution >= 4 is 0 Å².